The first-order chi connectivity index (χ1) is 17.8. The summed E-state index contributed by atoms with van der Waals surface area (Å²) in [5, 5.41) is 44.9. The van der Waals surface area contributed by atoms with Crippen molar-refractivity contribution >= 4 is 23.9 Å². The molecular weight excluding hydrogens is 500 g/mol. The summed E-state index contributed by atoms with van der Waals surface area (Å²) in [4.78, 5) is 43.4. The number of aliphatic carboxylic acids is 3. The van der Waals surface area contributed by atoms with E-state index in [1.54, 1.807) is 7.11 Å². The van der Waals surface area contributed by atoms with Crippen LogP contribution in [0.2, 0.25) is 0 Å². The molecule has 1 saturated heterocycles. The summed E-state index contributed by atoms with van der Waals surface area (Å²) in [6, 6.07) is 7.75. The first kappa shape index (κ1) is 30.4. The number of methoxy groups -OCH3 is 1. The second kappa shape index (κ2) is 13.1. The van der Waals surface area contributed by atoms with Gasteiger partial charge in [-0.2, -0.15) is 0 Å². The molecular formula is C25H34N4O9. The third-order valence-corrected chi connectivity index (χ3v) is 6.07. The van der Waals surface area contributed by atoms with Crippen LogP contribution in [0.15, 0.2) is 36.7 Å². The van der Waals surface area contributed by atoms with Crippen molar-refractivity contribution in [2.75, 3.05) is 39.2 Å². The highest BCUT2D eigenvalue weighted by atomic mass is 16.5. The second-order valence-corrected chi connectivity index (χ2v) is 9.27. The lowest BCUT2D eigenvalue weighted by atomic mass is 9.84. The fourth-order valence-corrected chi connectivity index (χ4v) is 4.01. The van der Waals surface area contributed by atoms with Gasteiger partial charge in [0.15, 0.2) is 5.60 Å². The summed E-state index contributed by atoms with van der Waals surface area (Å²) in [7, 11) is 5.51. The van der Waals surface area contributed by atoms with Gasteiger partial charge in [-0.3, -0.25) is 14.5 Å². The molecule has 1 aliphatic rings. The number of aliphatic hydroxyl groups is 2. The Balaban J connectivity index is 0.000000332. The molecule has 0 bridgehead atoms. The number of carboxylic acid groups (broad SMARTS) is 3. The molecule has 38 heavy (non-hydrogen) atoms. The lowest BCUT2D eigenvalue weighted by molar-refractivity contribution is -0.170. The molecule has 13 nitrogen and oxygen atoms in total. The molecule has 5 N–H and O–H groups in total. The Morgan fingerprint density at radius 2 is 1.55 bits per heavy atom. The molecule has 13 heteroatoms. The van der Waals surface area contributed by atoms with Gasteiger partial charge in [-0.15, -0.1) is 0 Å². The van der Waals surface area contributed by atoms with Gasteiger partial charge in [0, 0.05) is 57.3 Å². The minimum Gasteiger partial charge on any atom is -0.496 e. The van der Waals surface area contributed by atoms with Crippen molar-refractivity contribution in [3.63, 3.8) is 0 Å². The molecule has 0 radical (unpaired) electrons. The van der Waals surface area contributed by atoms with Gasteiger partial charge in [-0.1, -0.05) is 18.2 Å². The summed E-state index contributed by atoms with van der Waals surface area (Å²) in [5.74, 6) is -3.55. The number of carbonyl (C=O) groups is 3. The van der Waals surface area contributed by atoms with E-state index < -0.39 is 42.0 Å². The van der Waals surface area contributed by atoms with Crippen LogP contribution in [0.1, 0.15) is 36.8 Å². The topological polar surface area (TPSA) is 194 Å². The van der Waals surface area contributed by atoms with Crippen molar-refractivity contribution in [1.29, 1.82) is 0 Å². The summed E-state index contributed by atoms with van der Waals surface area (Å²) < 4.78 is 5.42. The lowest BCUT2D eigenvalue weighted by Crippen LogP contribution is -2.42. The largest absolute Gasteiger partial charge is 0.496 e. The number of rotatable bonds is 10. The van der Waals surface area contributed by atoms with E-state index in [0.29, 0.717) is 18.8 Å². The predicted molar refractivity (Wildman–Crippen MR) is 135 cm³/mol. The van der Waals surface area contributed by atoms with Gasteiger partial charge in [0.2, 0.25) is 5.95 Å². The molecule has 0 amide bonds. The first-order valence-electron chi connectivity index (χ1n) is 11.8. The van der Waals surface area contributed by atoms with E-state index in [-0.39, 0.29) is 0 Å². The molecule has 1 aromatic carbocycles. The number of nitrogens with zero attached hydrogens (tertiary/aromatic N) is 4. The molecule has 1 aliphatic heterocycles. The molecule has 0 atom stereocenters. The Morgan fingerprint density at radius 1 is 1.03 bits per heavy atom. The van der Waals surface area contributed by atoms with Crippen LogP contribution in [0, 0.1) is 0 Å². The Kier molecular flexibility index (Phi) is 10.5. The summed E-state index contributed by atoms with van der Waals surface area (Å²) in [5.41, 5.74) is -1.59. The van der Waals surface area contributed by atoms with Crippen LogP contribution in [0.25, 0.3) is 0 Å². The highest BCUT2D eigenvalue weighted by Gasteiger charge is 2.41. The van der Waals surface area contributed by atoms with Crippen LogP contribution in [-0.2, 0) is 26.5 Å². The lowest BCUT2D eigenvalue weighted by Gasteiger charge is -2.39. The maximum atomic E-state index is 11.1. The van der Waals surface area contributed by atoms with Crippen molar-refractivity contribution in [3.8, 4) is 5.75 Å². The van der Waals surface area contributed by atoms with Crippen LogP contribution in [0.4, 0.5) is 5.95 Å². The number of aromatic nitrogens is 2. The number of para-hydroxylation sites is 1. The molecule has 2 heterocycles. The SMILES string of the molecule is COc1ccccc1C1(O)CCN(Cc2cnc(N(C)C)nc2)CC1.O=C(O)CC(O)(CC(=O)O)C(=O)O. The summed E-state index contributed by atoms with van der Waals surface area (Å²) >= 11 is 0. The minimum absolute atomic E-state index is 0.685. The number of ether oxygens (including phenoxy) is 1. The highest BCUT2D eigenvalue weighted by Crippen LogP contribution is 2.38. The van der Waals surface area contributed by atoms with Crippen molar-refractivity contribution in [1.82, 2.24) is 14.9 Å². The molecule has 0 unspecified atom stereocenters. The standard InChI is InChI=1S/C19H26N4O2.C6H8O7/c1-22(2)18-20-12-15(13-21-18)14-23-10-8-19(24,9-11-23)16-6-4-5-7-17(16)25-3;7-3(8)1-6(13,5(11)12)2-4(9)10/h4-7,12-13,24H,8-11,14H2,1-3H3;13H,1-2H2,(H,7,8)(H,9,10)(H,11,12). The van der Waals surface area contributed by atoms with Gasteiger partial charge in [0.05, 0.1) is 25.6 Å². The zero-order valence-electron chi connectivity index (χ0n) is 21.6. The van der Waals surface area contributed by atoms with E-state index >= 15 is 0 Å². The number of piperidine rings is 1. The van der Waals surface area contributed by atoms with E-state index in [4.69, 9.17) is 25.2 Å². The van der Waals surface area contributed by atoms with Crippen molar-refractivity contribution < 1.29 is 44.7 Å². The normalized spacial score (nSPS) is 15.1. The molecule has 208 valence electrons. The van der Waals surface area contributed by atoms with E-state index in [9.17, 15) is 19.5 Å². The Morgan fingerprint density at radius 3 is 2.00 bits per heavy atom. The number of hydrogen-bond acceptors (Lipinski definition) is 10. The third-order valence-electron chi connectivity index (χ3n) is 6.07. The zero-order valence-corrected chi connectivity index (χ0v) is 21.6. The van der Waals surface area contributed by atoms with Gasteiger partial charge in [-0.05, 0) is 18.9 Å². The maximum absolute atomic E-state index is 11.1. The average Bonchev–Trinajstić information content (AvgIpc) is 2.85. The molecule has 0 aliphatic carbocycles. The molecule has 3 rings (SSSR count). The van der Waals surface area contributed by atoms with Crippen LogP contribution in [0.3, 0.4) is 0 Å². The number of likely N-dealkylation sites (tertiary alicyclic amines) is 1. The van der Waals surface area contributed by atoms with Crippen molar-refractivity contribution in [3.05, 3.63) is 47.8 Å². The molecule has 1 aromatic heterocycles. The Bertz CT molecular complexity index is 1080. The third kappa shape index (κ3) is 8.36. The number of carboxylic acids is 3. The van der Waals surface area contributed by atoms with Gasteiger partial charge in [-0.25, -0.2) is 14.8 Å². The van der Waals surface area contributed by atoms with Gasteiger partial charge >= 0.3 is 17.9 Å². The van der Waals surface area contributed by atoms with Crippen LogP contribution < -0.4 is 9.64 Å². The smallest absolute Gasteiger partial charge is 0.336 e. The second-order valence-electron chi connectivity index (χ2n) is 9.27. The molecule has 0 saturated carbocycles. The monoisotopic (exact) mass is 534 g/mol. The summed E-state index contributed by atoms with van der Waals surface area (Å²) in [6.07, 6.45) is 2.84. The fraction of sp³-hybridized carbons (Fsp3) is 0.480. The maximum Gasteiger partial charge on any atom is 0.336 e. The Labute approximate surface area is 219 Å². The minimum atomic E-state index is -2.74. The van der Waals surface area contributed by atoms with Gasteiger partial charge < -0.3 is 35.2 Å². The number of anilines is 1. The van der Waals surface area contributed by atoms with E-state index in [2.05, 4.69) is 14.9 Å². The molecule has 0 spiro atoms. The number of benzene rings is 1. The van der Waals surface area contributed by atoms with Gasteiger partial charge in [0.25, 0.3) is 0 Å². The molecule has 2 aromatic rings. The predicted octanol–water partition coefficient (Wildman–Crippen LogP) is 0.786. The number of hydrogen-bond donors (Lipinski definition) is 5. The fourth-order valence-electron chi connectivity index (χ4n) is 4.01. The van der Waals surface area contributed by atoms with Crippen LogP contribution in [-0.4, -0.2) is 98.2 Å². The zero-order chi connectivity index (χ0) is 28.5. The first-order valence-corrected chi connectivity index (χ1v) is 11.8. The van der Waals surface area contributed by atoms with Crippen LogP contribution in [0.5, 0.6) is 5.75 Å². The highest BCUT2D eigenvalue weighted by molar-refractivity contribution is 5.88. The van der Waals surface area contributed by atoms with Crippen molar-refractivity contribution in [2.45, 2.75) is 43.4 Å². The molecule has 1 fully saturated rings. The quantitative estimate of drug-likeness (QED) is 0.287. The van der Waals surface area contributed by atoms with Crippen LogP contribution >= 0.6 is 0 Å². The summed E-state index contributed by atoms with van der Waals surface area (Å²) in [6.45, 7) is 2.45. The van der Waals surface area contributed by atoms with Crippen molar-refractivity contribution in [2.24, 2.45) is 0 Å². The van der Waals surface area contributed by atoms with E-state index in [0.717, 1.165) is 36.5 Å². The Hall–Kier alpha value is -3.81. The van der Waals surface area contributed by atoms with Gasteiger partial charge in [0.1, 0.15) is 5.75 Å². The average molecular weight is 535 g/mol. The van der Waals surface area contributed by atoms with E-state index in [1.165, 1.54) is 0 Å². The van der Waals surface area contributed by atoms with E-state index in [1.807, 2.05) is 55.7 Å².